The number of alkyl halides is 3. The van der Waals surface area contributed by atoms with Gasteiger partial charge in [-0.25, -0.2) is 19.4 Å². The van der Waals surface area contributed by atoms with Crippen LogP contribution >= 0.6 is 23.2 Å². The molecule has 5 rings (SSSR count). The van der Waals surface area contributed by atoms with Crippen molar-refractivity contribution in [3.8, 4) is 0 Å². The Labute approximate surface area is 269 Å². The molecule has 0 radical (unpaired) electrons. The molecule has 10 nitrogen and oxygen atoms in total. The van der Waals surface area contributed by atoms with Crippen LogP contribution in [0, 0.1) is 18.8 Å². The largest absolute Gasteiger partial charge is 0.490 e. The number of aliphatic carboxylic acids is 2. The van der Waals surface area contributed by atoms with Crippen molar-refractivity contribution in [2.45, 2.75) is 77.7 Å². The number of halogens is 5. The highest BCUT2D eigenvalue weighted by atomic mass is 35.5. The standard InChI is InChI=1S/C28H36Cl2N6O2.C2HF3O2/c1-16(12-26(37)38)23-6-5-10-35(23)24-9-11-34(15-17(24)2)25-14-31-27-18(3)33-36(28(27)32-25)19(4)21-8-7-20(29)13-22(21)30;3-2(4,5)1(6)7/h7-8,13-14,16-17,19,23-24H,5-6,9-12,15H2,1-4H3,(H,37,38);(H,6,7)/t16?,17?,19?,23-,24?;/m0./s1. The molecule has 2 saturated heterocycles. The van der Waals surface area contributed by atoms with Crippen molar-refractivity contribution in [1.82, 2.24) is 24.6 Å². The highest BCUT2D eigenvalue weighted by Crippen LogP contribution is 2.35. The van der Waals surface area contributed by atoms with Gasteiger partial charge < -0.3 is 15.1 Å². The van der Waals surface area contributed by atoms with Crippen LogP contribution in [0.15, 0.2) is 24.4 Å². The number of carboxylic acid groups (broad SMARTS) is 2. The molecule has 2 aromatic heterocycles. The number of fused-ring (bicyclic) bond motifs is 1. The Kier molecular flexibility index (Phi) is 10.9. The lowest BCUT2D eigenvalue weighted by atomic mass is 9.89. The minimum Gasteiger partial charge on any atom is -0.481 e. The van der Waals surface area contributed by atoms with Gasteiger partial charge in [-0.3, -0.25) is 9.69 Å². The Morgan fingerprint density at radius 2 is 1.82 bits per heavy atom. The van der Waals surface area contributed by atoms with E-state index < -0.39 is 18.1 Å². The van der Waals surface area contributed by atoms with Crippen LogP contribution in [0.25, 0.3) is 11.2 Å². The normalized spacial score (nSPS) is 22.2. The Morgan fingerprint density at radius 3 is 2.42 bits per heavy atom. The van der Waals surface area contributed by atoms with E-state index in [0.29, 0.717) is 28.0 Å². The zero-order chi connectivity index (χ0) is 33.2. The number of nitrogens with zero attached hydrogens (tertiary/aromatic N) is 6. The van der Waals surface area contributed by atoms with Crippen LogP contribution in [0.1, 0.15) is 63.8 Å². The van der Waals surface area contributed by atoms with Crippen molar-refractivity contribution in [2.75, 3.05) is 24.5 Å². The lowest BCUT2D eigenvalue weighted by Gasteiger charge is -2.44. The highest BCUT2D eigenvalue weighted by Gasteiger charge is 2.40. The second-order valence-electron chi connectivity index (χ2n) is 11.9. The number of carbonyl (C=O) groups is 2. The van der Waals surface area contributed by atoms with Crippen LogP contribution < -0.4 is 4.90 Å². The molecule has 1 aromatic carbocycles. The van der Waals surface area contributed by atoms with Crippen LogP contribution in [0.4, 0.5) is 19.0 Å². The number of benzene rings is 1. The number of hydrogen-bond donors (Lipinski definition) is 2. The molecule has 2 aliphatic heterocycles. The molecule has 15 heteroatoms. The molecular formula is C30H37Cl2F3N6O4. The number of rotatable bonds is 7. The van der Waals surface area contributed by atoms with E-state index in [1.807, 2.05) is 29.9 Å². The van der Waals surface area contributed by atoms with Gasteiger partial charge in [-0.2, -0.15) is 18.3 Å². The van der Waals surface area contributed by atoms with Crippen molar-refractivity contribution in [3.05, 3.63) is 45.7 Å². The minimum absolute atomic E-state index is 0.134. The third-order valence-corrected chi connectivity index (χ3v) is 9.25. The molecule has 4 heterocycles. The first-order chi connectivity index (χ1) is 21.1. The van der Waals surface area contributed by atoms with E-state index >= 15 is 0 Å². The molecule has 5 atom stereocenters. The van der Waals surface area contributed by atoms with Crippen LogP contribution in [-0.4, -0.2) is 84.7 Å². The third-order valence-electron chi connectivity index (χ3n) is 8.69. The van der Waals surface area contributed by atoms with Gasteiger partial charge >= 0.3 is 18.1 Å². The quantitative estimate of drug-likeness (QED) is 0.290. The average Bonchev–Trinajstić information content (AvgIpc) is 3.57. The second kappa shape index (κ2) is 14.1. The van der Waals surface area contributed by atoms with E-state index in [1.165, 1.54) is 0 Å². The van der Waals surface area contributed by atoms with Gasteiger partial charge in [-0.1, -0.05) is 43.1 Å². The summed E-state index contributed by atoms with van der Waals surface area (Å²) in [4.78, 5) is 35.0. The van der Waals surface area contributed by atoms with Crippen molar-refractivity contribution in [3.63, 3.8) is 0 Å². The number of carboxylic acids is 2. The molecule has 0 bridgehead atoms. The smallest absolute Gasteiger partial charge is 0.481 e. The topological polar surface area (TPSA) is 125 Å². The Balaban J connectivity index is 0.000000591. The summed E-state index contributed by atoms with van der Waals surface area (Å²) in [5, 5.41) is 22.4. The van der Waals surface area contributed by atoms with E-state index in [2.05, 4.69) is 30.6 Å². The van der Waals surface area contributed by atoms with Crippen molar-refractivity contribution >= 4 is 52.1 Å². The van der Waals surface area contributed by atoms with Crippen molar-refractivity contribution < 1.29 is 33.0 Å². The molecule has 0 saturated carbocycles. The number of piperidine rings is 1. The molecule has 246 valence electrons. The summed E-state index contributed by atoms with van der Waals surface area (Å²) in [6, 6.07) is 6.19. The van der Waals surface area contributed by atoms with Gasteiger partial charge in [0, 0.05) is 41.6 Å². The average molecular weight is 674 g/mol. The molecule has 0 amide bonds. The first kappa shape index (κ1) is 34.7. The number of anilines is 1. The molecule has 3 aromatic rings. The molecule has 0 aliphatic carbocycles. The maximum absolute atomic E-state index is 11.3. The fraction of sp³-hybridized carbons (Fsp3) is 0.567. The lowest BCUT2D eigenvalue weighted by molar-refractivity contribution is -0.192. The summed E-state index contributed by atoms with van der Waals surface area (Å²) < 4.78 is 33.6. The van der Waals surface area contributed by atoms with Gasteiger partial charge in [0.25, 0.3) is 0 Å². The third kappa shape index (κ3) is 7.98. The van der Waals surface area contributed by atoms with Crippen LogP contribution in [0.2, 0.25) is 10.0 Å². The number of likely N-dealkylation sites (tertiary alicyclic amines) is 1. The second-order valence-corrected chi connectivity index (χ2v) is 12.7. The maximum atomic E-state index is 11.3. The summed E-state index contributed by atoms with van der Waals surface area (Å²) in [7, 11) is 0. The molecule has 2 aliphatic rings. The minimum atomic E-state index is -5.08. The summed E-state index contributed by atoms with van der Waals surface area (Å²) in [6.07, 6.45) is 0.260. The monoisotopic (exact) mass is 672 g/mol. The van der Waals surface area contributed by atoms with E-state index in [0.717, 1.165) is 67.1 Å². The molecule has 45 heavy (non-hydrogen) atoms. The molecular weight excluding hydrogens is 636 g/mol. The van der Waals surface area contributed by atoms with Gasteiger partial charge in [-0.05, 0) is 69.2 Å². The van der Waals surface area contributed by atoms with Crippen molar-refractivity contribution in [2.24, 2.45) is 11.8 Å². The van der Waals surface area contributed by atoms with Gasteiger partial charge in [0.2, 0.25) is 0 Å². The van der Waals surface area contributed by atoms with Crippen LogP contribution in [0.5, 0.6) is 0 Å². The molecule has 2 fully saturated rings. The summed E-state index contributed by atoms with van der Waals surface area (Å²) in [5.41, 5.74) is 3.30. The lowest BCUT2D eigenvalue weighted by Crippen LogP contribution is -2.53. The first-order valence-corrected chi connectivity index (χ1v) is 15.5. The van der Waals surface area contributed by atoms with E-state index in [9.17, 15) is 23.1 Å². The zero-order valence-electron chi connectivity index (χ0n) is 25.4. The van der Waals surface area contributed by atoms with Crippen LogP contribution in [0.3, 0.4) is 0 Å². The zero-order valence-corrected chi connectivity index (χ0v) is 26.9. The predicted molar refractivity (Wildman–Crippen MR) is 165 cm³/mol. The predicted octanol–water partition coefficient (Wildman–Crippen LogP) is 6.47. The van der Waals surface area contributed by atoms with Gasteiger partial charge in [0.1, 0.15) is 11.3 Å². The van der Waals surface area contributed by atoms with Crippen molar-refractivity contribution in [1.29, 1.82) is 0 Å². The molecule has 0 spiro atoms. The summed E-state index contributed by atoms with van der Waals surface area (Å²) in [6.45, 7) is 11.2. The van der Waals surface area contributed by atoms with Gasteiger partial charge in [0.05, 0.1) is 17.9 Å². The van der Waals surface area contributed by atoms with Gasteiger partial charge in [0.15, 0.2) is 5.65 Å². The maximum Gasteiger partial charge on any atom is 0.490 e. The molecule has 2 N–H and O–H groups in total. The summed E-state index contributed by atoms with van der Waals surface area (Å²) >= 11 is 12.6. The fourth-order valence-electron chi connectivity index (χ4n) is 6.52. The number of aryl methyl sites for hydroxylation is 1. The van der Waals surface area contributed by atoms with E-state index in [-0.39, 0.29) is 18.4 Å². The molecule has 4 unspecified atom stereocenters. The summed E-state index contributed by atoms with van der Waals surface area (Å²) in [5.74, 6) is -2.02. The number of aromatic nitrogens is 4. The van der Waals surface area contributed by atoms with E-state index in [4.69, 9.17) is 48.2 Å². The van der Waals surface area contributed by atoms with Crippen LogP contribution in [-0.2, 0) is 9.59 Å². The van der Waals surface area contributed by atoms with E-state index in [1.54, 1.807) is 6.07 Å². The Morgan fingerprint density at radius 1 is 1.13 bits per heavy atom. The number of hydrogen-bond acceptors (Lipinski definition) is 7. The fourth-order valence-corrected chi connectivity index (χ4v) is 7.09. The SMILES string of the molecule is Cc1nn(C(C)c2ccc(Cl)cc2Cl)c2nc(N3CCC(N4CCC[C@H]4C(C)CC(=O)O)C(C)C3)cnc12.O=C(O)C(F)(F)F. The van der Waals surface area contributed by atoms with Gasteiger partial charge in [-0.15, -0.1) is 0 Å². The Bertz CT molecular complexity index is 1540. The first-order valence-electron chi connectivity index (χ1n) is 14.8. The highest BCUT2D eigenvalue weighted by molar-refractivity contribution is 6.35. The Hall–Kier alpha value is -3.16.